The molecule has 0 unspecified atom stereocenters. The third-order valence-corrected chi connectivity index (χ3v) is 15.2. The van der Waals surface area contributed by atoms with Gasteiger partial charge in [0.25, 0.3) is 0 Å². The fourth-order valence-electron chi connectivity index (χ4n) is 8.10. The Hall–Kier alpha value is -3.42. The third-order valence-electron chi connectivity index (χ3n) is 10.6. The molecule has 4 aromatic rings. The lowest BCUT2D eigenvalue weighted by molar-refractivity contribution is 0.587. The van der Waals surface area contributed by atoms with Crippen molar-refractivity contribution in [2.45, 2.75) is 124 Å². The summed E-state index contributed by atoms with van der Waals surface area (Å²) in [7, 11) is -2.42. The van der Waals surface area contributed by atoms with Crippen molar-refractivity contribution >= 4 is 29.6 Å². The zero-order valence-corrected chi connectivity index (χ0v) is 33.4. The van der Waals surface area contributed by atoms with E-state index in [2.05, 4.69) is 194 Å². The van der Waals surface area contributed by atoms with Crippen molar-refractivity contribution in [1.82, 2.24) is 0 Å². The summed E-state index contributed by atoms with van der Waals surface area (Å²) in [6.45, 7) is 33.7. The van der Waals surface area contributed by atoms with Gasteiger partial charge in [0, 0.05) is 0 Å². The molecule has 0 nitrogen and oxygen atoms in total. The molecule has 1 heteroatoms. The minimum absolute atomic E-state index is 0.00312. The lowest BCUT2D eigenvalue weighted by Crippen LogP contribution is -2.34. The van der Waals surface area contributed by atoms with Crippen LogP contribution in [0.5, 0.6) is 0 Å². The molecule has 0 N–H and O–H groups in total. The molecule has 48 heavy (non-hydrogen) atoms. The highest BCUT2D eigenvalue weighted by Gasteiger charge is 2.49. The van der Waals surface area contributed by atoms with Crippen LogP contribution < -0.4 is 0 Å². The van der Waals surface area contributed by atoms with E-state index >= 15 is 0 Å². The second-order valence-corrected chi connectivity index (χ2v) is 22.7. The van der Waals surface area contributed by atoms with Crippen molar-refractivity contribution < 1.29 is 0 Å². The van der Waals surface area contributed by atoms with Crippen LogP contribution >= 0.6 is 0 Å². The Morgan fingerprint density at radius 2 is 0.604 bits per heavy atom. The van der Waals surface area contributed by atoms with Crippen LogP contribution in [0.4, 0.5) is 0 Å². The molecule has 4 aromatic carbocycles. The van der Waals surface area contributed by atoms with Crippen LogP contribution in [0.3, 0.4) is 0 Å². The van der Waals surface area contributed by atoms with Gasteiger partial charge in [-0.2, -0.15) is 0 Å². The maximum Gasteiger partial charge on any atom is 0.118 e. The van der Waals surface area contributed by atoms with Gasteiger partial charge in [-0.05, 0) is 87.7 Å². The van der Waals surface area contributed by atoms with E-state index in [-0.39, 0.29) is 21.7 Å². The van der Waals surface area contributed by atoms with Gasteiger partial charge in [0.2, 0.25) is 0 Å². The Labute approximate surface area is 294 Å². The molecule has 5 rings (SSSR count). The SMILES string of the molecule is CC[Si]1(C)C(c2ccccc2C(C)(C)C)=C(c2ccccc2C(C)(C)C)C(c2ccccc2C(C)(C)C)=C1c1ccccc1C(C)(C)C. The standard InChI is InChI=1S/C47H60Si/c1-15-48(14)42(34-26-18-22-30-38(34)46(8,9)10)40(32-24-16-20-28-36(32)44(2,3)4)41(33-25-17-21-29-37(33)45(5,6)7)43(48)35-27-19-23-31-39(35)47(11,12)13/h16-31H,15H2,1-14H3. The van der Waals surface area contributed by atoms with Crippen LogP contribution in [0, 0.1) is 0 Å². The first-order valence-electron chi connectivity index (χ1n) is 18.1. The summed E-state index contributed by atoms with van der Waals surface area (Å²) in [5.74, 6) is 0. The number of hydrogen-bond acceptors (Lipinski definition) is 0. The summed E-state index contributed by atoms with van der Waals surface area (Å²) in [6, 6.07) is 38.5. The van der Waals surface area contributed by atoms with Gasteiger partial charge in [-0.3, -0.25) is 0 Å². The molecule has 0 spiro atoms. The van der Waals surface area contributed by atoms with Gasteiger partial charge in [-0.1, -0.05) is 200 Å². The van der Waals surface area contributed by atoms with E-state index in [1.54, 1.807) is 10.4 Å². The molecule has 0 aromatic heterocycles. The molecular weight excluding hydrogens is 593 g/mol. The molecule has 0 amide bonds. The quantitative estimate of drug-likeness (QED) is 0.188. The van der Waals surface area contributed by atoms with Gasteiger partial charge < -0.3 is 0 Å². The van der Waals surface area contributed by atoms with Crippen molar-refractivity contribution in [3.05, 3.63) is 142 Å². The Kier molecular flexibility index (Phi) is 9.32. The van der Waals surface area contributed by atoms with E-state index < -0.39 is 8.07 Å². The molecule has 0 saturated heterocycles. The maximum atomic E-state index is 2.68. The smallest absolute Gasteiger partial charge is 0.0672 e. The fourth-order valence-corrected chi connectivity index (χ4v) is 12.3. The molecule has 0 fully saturated rings. The van der Waals surface area contributed by atoms with Crippen molar-refractivity contribution in [2.75, 3.05) is 0 Å². The summed E-state index contributed by atoms with van der Waals surface area (Å²) >= 11 is 0. The summed E-state index contributed by atoms with van der Waals surface area (Å²) in [5.41, 5.74) is 14.2. The molecular formula is C47H60Si. The van der Waals surface area contributed by atoms with E-state index in [0.29, 0.717) is 0 Å². The zero-order chi connectivity index (χ0) is 35.4. The van der Waals surface area contributed by atoms with E-state index in [9.17, 15) is 0 Å². The van der Waals surface area contributed by atoms with Crippen LogP contribution in [-0.2, 0) is 21.7 Å². The number of rotatable bonds is 5. The van der Waals surface area contributed by atoms with Crippen LogP contribution in [0.2, 0.25) is 12.6 Å². The summed E-state index contributed by atoms with van der Waals surface area (Å²) in [5, 5.41) is 3.20. The Balaban J connectivity index is 2.15. The van der Waals surface area contributed by atoms with Crippen LogP contribution in [0.15, 0.2) is 97.1 Å². The Morgan fingerprint density at radius 3 is 0.854 bits per heavy atom. The van der Waals surface area contributed by atoms with Gasteiger partial charge in [-0.15, -0.1) is 0 Å². The average molecular weight is 653 g/mol. The summed E-state index contributed by atoms with van der Waals surface area (Å²) < 4.78 is 0. The van der Waals surface area contributed by atoms with E-state index in [4.69, 9.17) is 0 Å². The normalized spacial score (nSPS) is 15.8. The topological polar surface area (TPSA) is 0 Å². The molecule has 0 radical (unpaired) electrons. The first kappa shape index (κ1) is 35.9. The molecule has 1 aliphatic rings. The largest absolute Gasteiger partial charge is 0.118 e. The van der Waals surface area contributed by atoms with Gasteiger partial charge in [0.15, 0.2) is 0 Å². The first-order valence-corrected chi connectivity index (χ1v) is 20.8. The van der Waals surface area contributed by atoms with E-state index in [1.165, 1.54) is 55.7 Å². The maximum absolute atomic E-state index is 2.68. The van der Waals surface area contributed by atoms with Crippen LogP contribution in [-0.4, -0.2) is 8.07 Å². The lowest BCUT2D eigenvalue weighted by atomic mass is 9.74. The average Bonchev–Trinajstić information content (AvgIpc) is 3.28. The van der Waals surface area contributed by atoms with Crippen molar-refractivity contribution in [1.29, 1.82) is 0 Å². The van der Waals surface area contributed by atoms with E-state index in [1.807, 2.05) is 0 Å². The summed E-state index contributed by atoms with van der Waals surface area (Å²) in [4.78, 5) is 0. The molecule has 1 aliphatic heterocycles. The highest BCUT2D eigenvalue weighted by Crippen LogP contribution is 2.60. The lowest BCUT2D eigenvalue weighted by Gasteiger charge is -2.35. The highest BCUT2D eigenvalue weighted by atomic mass is 28.3. The molecule has 0 atom stereocenters. The van der Waals surface area contributed by atoms with E-state index in [0.717, 1.165) is 6.04 Å². The molecule has 252 valence electrons. The zero-order valence-electron chi connectivity index (χ0n) is 32.4. The van der Waals surface area contributed by atoms with Crippen molar-refractivity contribution in [3.8, 4) is 0 Å². The van der Waals surface area contributed by atoms with Gasteiger partial charge >= 0.3 is 0 Å². The predicted molar refractivity (Wildman–Crippen MR) is 216 cm³/mol. The molecule has 0 bridgehead atoms. The van der Waals surface area contributed by atoms with Gasteiger partial charge in [-0.25, -0.2) is 0 Å². The molecule has 1 heterocycles. The highest BCUT2D eigenvalue weighted by molar-refractivity contribution is 7.14. The minimum Gasteiger partial charge on any atom is -0.0672 e. The summed E-state index contributed by atoms with van der Waals surface area (Å²) in [6.07, 6.45) is 0. The second-order valence-electron chi connectivity index (χ2n) is 18.4. The Bertz CT molecular complexity index is 1750. The van der Waals surface area contributed by atoms with Crippen molar-refractivity contribution in [3.63, 3.8) is 0 Å². The van der Waals surface area contributed by atoms with Crippen LogP contribution in [0.1, 0.15) is 135 Å². The van der Waals surface area contributed by atoms with Gasteiger partial charge in [0.05, 0.1) is 0 Å². The van der Waals surface area contributed by atoms with Crippen LogP contribution in [0.25, 0.3) is 21.5 Å². The van der Waals surface area contributed by atoms with Crippen molar-refractivity contribution in [2.24, 2.45) is 0 Å². The second kappa shape index (κ2) is 12.5. The fraction of sp³-hybridized carbons (Fsp3) is 0.404. The number of benzene rings is 4. The Morgan fingerprint density at radius 1 is 0.375 bits per heavy atom. The molecule has 0 aliphatic carbocycles. The number of allylic oxidation sites excluding steroid dienone is 2. The predicted octanol–water partition coefficient (Wildman–Crippen LogP) is 13.6. The minimum atomic E-state index is -2.42. The van der Waals surface area contributed by atoms with Gasteiger partial charge in [0.1, 0.15) is 8.07 Å². The third kappa shape index (κ3) is 6.36. The number of hydrogen-bond donors (Lipinski definition) is 0. The molecule has 0 saturated carbocycles. The monoisotopic (exact) mass is 652 g/mol. The first-order chi connectivity index (χ1) is 22.2.